The van der Waals surface area contributed by atoms with E-state index in [1.165, 1.54) is 12.1 Å². The van der Waals surface area contributed by atoms with Crippen molar-refractivity contribution < 1.29 is 9.18 Å². The molecule has 6 heteroatoms. The third-order valence-corrected chi connectivity index (χ3v) is 5.48. The first-order chi connectivity index (χ1) is 13.6. The lowest BCUT2D eigenvalue weighted by atomic mass is 9.78. The summed E-state index contributed by atoms with van der Waals surface area (Å²) in [5, 5.41) is 7.83. The fourth-order valence-corrected chi connectivity index (χ4v) is 4.23. The fourth-order valence-electron chi connectivity index (χ4n) is 4.23. The van der Waals surface area contributed by atoms with Gasteiger partial charge in [-0.3, -0.25) is 4.79 Å². The summed E-state index contributed by atoms with van der Waals surface area (Å²) < 4.78 is 15.2. The highest BCUT2D eigenvalue weighted by Crippen LogP contribution is 2.43. The first kappa shape index (κ1) is 16.9. The van der Waals surface area contributed by atoms with E-state index in [1.807, 2.05) is 25.1 Å². The molecule has 0 saturated heterocycles. The lowest BCUT2D eigenvalue weighted by Crippen LogP contribution is -2.33. The van der Waals surface area contributed by atoms with Gasteiger partial charge in [0, 0.05) is 17.7 Å². The maximum atomic E-state index is 13.5. The number of hydrogen-bond donors (Lipinski definition) is 1. The molecule has 28 heavy (non-hydrogen) atoms. The van der Waals surface area contributed by atoms with E-state index in [-0.39, 0.29) is 17.5 Å². The number of nitrogens with one attached hydrogen (secondary N) is 1. The Morgan fingerprint density at radius 1 is 1.04 bits per heavy atom. The second kappa shape index (κ2) is 6.41. The maximum absolute atomic E-state index is 13.5. The Bertz CT molecular complexity index is 1090. The smallest absolute Gasteiger partial charge is 0.226 e. The molecule has 5 nitrogen and oxygen atoms in total. The van der Waals surface area contributed by atoms with Crippen LogP contribution in [-0.4, -0.2) is 20.5 Å². The molecule has 2 atom stereocenters. The number of allylic oxidation sites excluding steroid dienone is 2. The topological polar surface area (TPSA) is 59.8 Å². The van der Waals surface area contributed by atoms with Gasteiger partial charge in [-0.25, -0.2) is 9.07 Å². The van der Waals surface area contributed by atoms with Crippen molar-refractivity contribution in [2.24, 2.45) is 0 Å². The molecule has 0 spiro atoms. The van der Waals surface area contributed by atoms with Gasteiger partial charge in [0.2, 0.25) is 5.95 Å². The van der Waals surface area contributed by atoms with Crippen LogP contribution in [-0.2, 0) is 4.79 Å². The summed E-state index contributed by atoms with van der Waals surface area (Å²) in [5.74, 6) is 1.16. The summed E-state index contributed by atoms with van der Waals surface area (Å²) in [4.78, 5) is 17.7. The SMILES string of the molecule is Cc1nc2n(n1)[C@@H](c1ccc(F)cc1)C1=C(C[C@@H](c3ccccc3)CC1=O)N2. The molecule has 1 aliphatic carbocycles. The summed E-state index contributed by atoms with van der Waals surface area (Å²) in [6.07, 6.45) is 1.18. The van der Waals surface area contributed by atoms with Crippen LogP contribution in [0.5, 0.6) is 0 Å². The number of carbonyl (C=O) groups is 1. The number of fused-ring (bicyclic) bond motifs is 1. The molecular formula is C22H19FN4O. The molecule has 0 saturated carbocycles. The summed E-state index contributed by atoms with van der Waals surface area (Å²) in [6, 6.07) is 16.0. The Morgan fingerprint density at radius 3 is 2.54 bits per heavy atom. The zero-order valence-electron chi connectivity index (χ0n) is 15.4. The standard InChI is InChI=1S/C22H19FN4O/c1-13-24-22-25-18-11-16(14-5-3-2-4-6-14)12-19(28)20(18)21(27(22)26-13)15-7-9-17(23)10-8-15/h2-10,16,21H,11-12H2,1H3,(H,24,25,26)/t16-,21+/m1/s1. The molecule has 0 fully saturated rings. The van der Waals surface area contributed by atoms with Gasteiger partial charge in [0.15, 0.2) is 5.78 Å². The van der Waals surface area contributed by atoms with Crippen LogP contribution in [0.4, 0.5) is 10.3 Å². The Balaban J connectivity index is 1.62. The van der Waals surface area contributed by atoms with Crippen LogP contribution in [0.1, 0.15) is 41.8 Å². The number of carbonyl (C=O) groups excluding carboxylic acids is 1. The molecule has 140 valence electrons. The molecule has 2 aliphatic rings. The summed E-state index contributed by atoms with van der Waals surface area (Å²) >= 11 is 0. The van der Waals surface area contributed by atoms with Crippen molar-refractivity contribution in [3.8, 4) is 0 Å². The number of aromatic nitrogens is 3. The van der Waals surface area contributed by atoms with Gasteiger partial charge in [0.05, 0.1) is 0 Å². The van der Waals surface area contributed by atoms with Crippen molar-refractivity contribution in [1.29, 1.82) is 0 Å². The third kappa shape index (κ3) is 2.72. The molecule has 2 aromatic carbocycles. The molecule has 0 amide bonds. The van der Waals surface area contributed by atoms with Gasteiger partial charge in [-0.2, -0.15) is 10.1 Å². The van der Waals surface area contributed by atoms with Crippen molar-refractivity contribution in [2.75, 3.05) is 5.32 Å². The Labute approximate surface area is 161 Å². The number of hydrogen-bond acceptors (Lipinski definition) is 4. The number of aryl methyl sites for hydroxylation is 1. The lowest BCUT2D eigenvalue weighted by Gasteiger charge is -2.35. The number of Topliss-reactive ketones (excluding diaryl/α,β-unsaturated/α-hetero) is 1. The van der Waals surface area contributed by atoms with Crippen LogP contribution in [0.2, 0.25) is 0 Å². The fraction of sp³-hybridized carbons (Fsp3) is 0.227. The molecule has 0 unspecified atom stereocenters. The number of benzene rings is 2. The molecular weight excluding hydrogens is 355 g/mol. The predicted octanol–water partition coefficient (Wildman–Crippen LogP) is 4.14. The lowest BCUT2D eigenvalue weighted by molar-refractivity contribution is -0.116. The second-order valence-corrected chi connectivity index (χ2v) is 7.34. The van der Waals surface area contributed by atoms with E-state index in [0.717, 1.165) is 23.2 Å². The Kier molecular flexibility index (Phi) is 3.86. The van der Waals surface area contributed by atoms with E-state index in [0.29, 0.717) is 23.8 Å². The van der Waals surface area contributed by atoms with Crippen LogP contribution in [0.15, 0.2) is 65.9 Å². The summed E-state index contributed by atoms with van der Waals surface area (Å²) in [6.45, 7) is 1.82. The zero-order chi connectivity index (χ0) is 19.3. The van der Waals surface area contributed by atoms with E-state index in [4.69, 9.17) is 0 Å². The minimum atomic E-state index is -0.391. The van der Waals surface area contributed by atoms with Crippen LogP contribution in [0.25, 0.3) is 0 Å². The van der Waals surface area contributed by atoms with Crippen LogP contribution in [0.3, 0.4) is 0 Å². The highest BCUT2D eigenvalue weighted by molar-refractivity contribution is 6.00. The van der Waals surface area contributed by atoms with Crippen molar-refractivity contribution in [2.45, 2.75) is 31.7 Å². The van der Waals surface area contributed by atoms with Gasteiger partial charge in [-0.05, 0) is 42.5 Å². The van der Waals surface area contributed by atoms with Gasteiger partial charge >= 0.3 is 0 Å². The quantitative estimate of drug-likeness (QED) is 0.732. The van der Waals surface area contributed by atoms with E-state index < -0.39 is 6.04 Å². The molecule has 0 bridgehead atoms. The maximum Gasteiger partial charge on any atom is 0.226 e. The monoisotopic (exact) mass is 374 g/mol. The first-order valence-corrected chi connectivity index (χ1v) is 9.37. The summed E-state index contributed by atoms with van der Waals surface area (Å²) in [5.41, 5.74) is 3.58. The summed E-state index contributed by atoms with van der Waals surface area (Å²) in [7, 11) is 0. The van der Waals surface area contributed by atoms with Crippen molar-refractivity contribution in [1.82, 2.24) is 14.8 Å². The molecule has 3 aromatic rings. The van der Waals surface area contributed by atoms with Gasteiger partial charge in [0.1, 0.15) is 17.7 Å². The number of rotatable bonds is 2. The van der Waals surface area contributed by atoms with E-state index in [9.17, 15) is 9.18 Å². The zero-order valence-corrected chi connectivity index (χ0v) is 15.4. The highest BCUT2D eigenvalue weighted by Gasteiger charge is 2.39. The largest absolute Gasteiger partial charge is 0.328 e. The second-order valence-electron chi connectivity index (χ2n) is 7.34. The minimum absolute atomic E-state index is 0.0933. The normalized spacial score (nSPS) is 21.1. The molecule has 5 rings (SSSR count). The van der Waals surface area contributed by atoms with Gasteiger partial charge in [-0.1, -0.05) is 42.5 Å². The van der Waals surface area contributed by atoms with Crippen molar-refractivity contribution in [3.05, 3.63) is 88.6 Å². The number of nitrogens with zero attached hydrogens (tertiary/aromatic N) is 3. The third-order valence-electron chi connectivity index (χ3n) is 5.48. The number of halogens is 1. The average molecular weight is 374 g/mol. The van der Waals surface area contributed by atoms with E-state index >= 15 is 0 Å². The molecule has 0 radical (unpaired) electrons. The number of anilines is 1. The number of ketones is 1. The highest BCUT2D eigenvalue weighted by atomic mass is 19.1. The van der Waals surface area contributed by atoms with E-state index in [2.05, 4.69) is 27.5 Å². The molecule has 1 aliphatic heterocycles. The Morgan fingerprint density at radius 2 is 1.79 bits per heavy atom. The van der Waals surface area contributed by atoms with Gasteiger partial charge in [0.25, 0.3) is 0 Å². The van der Waals surface area contributed by atoms with Crippen LogP contribution >= 0.6 is 0 Å². The van der Waals surface area contributed by atoms with Crippen LogP contribution in [0, 0.1) is 12.7 Å². The van der Waals surface area contributed by atoms with Crippen molar-refractivity contribution in [3.63, 3.8) is 0 Å². The molecule has 2 heterocycles. The predicted molar refractivity (Wildman–Crippen MR) is 103 cm³/mol. The Hall–Kier alpha value is -3.28. The first-order valence-electron chi connectivity index (χ1n) is 9.37. The minimum Gasteiger partial charge on any atom is -0.328 e. The molecule has 1 N–H and O–H groups in total. The van der Waals surface area contributed by atoms with E-state index in [1.54, 1.807) is 16.8 Å². The van der Waals surface area contributed by atoms with Crippen LogP contribution < -0.4 is 5.32 Å². The average Bonchev–Trinajstić information content (AvgIpc) is 3.07. The van der Waals surface area contributed by atoms with Gasteiger partial charge in [-0.15, -0.1) is 0 Å². The van der Waals surface area contributed by atoms with Crippen molar-refractivity contribution >= 4 is 11.7 Å². The molecule has 1 aromatic heterocycles. The van der Waals surface area contributed by atoms with Gasteiger partial charge < -0.3 is 5.32 Å².